The average molecular weight is 356 g/mol. The summed E-state index contributed by atoms with van der Waals surface area (Å²) in [4.78, 5) is 29.6. The predicted molar refractivity (Wildman–Crippen MR) is 101 cm³/mol. The molecule has 1 aliphatic carbocycles. The molecule has 0 saturated carbocycles. The second kappa shape index (κ2) is 8.39. The molecule has 1 aromatic rings. The van der Waals surface area contributed by atoms with E-state index in [0.717, 1.165) is 43.5 Å². The van der Waals surface area contributed by atoms with Gasteiger partial charge in [-0.05, 0) is 44.7 Å². The number of carbonyl (C=O) groups excluding carboxylic acids is 2. The van der Waals surface area contributed by atoms with Gasteiger partial charge in [-0.3, -0.25) is 9.59 Å². The maximum Gasteiger partial charge on any atom is 0.254 e. The third-order valence-corrected chi connectivity index (χ3v) is 5.45. The van der Waals surface area contributed by atoms with Gasteiger partial charge in [-0.1, -0.05) is 18.2 Å². The second-order valence-corrected chi connectivity index (χ2v) is 7.09. The molecule has 1 aromatic carbocycles. The molecule has 140 valence electrons. The lowest BCUT2D eigenvalue weighted by Crippen LogP contribution is -2.40. The third-order valence-electron chi connectivity index (χ3n) is 5.45. The molecular weight excluding hydrogens is 328 g/mol. The zero-order valence-electron chi connectivity index (χ0n) is 15.7. The quantitative estimate of drug-likeness (QED) is 0.782. The number of ether oxygens (including phenoxy) is 1. The lowest BCUT2D eigenvalue weighted by Gasteiger charge is -2.27. The molecule has 2 amide bonds. The Morgan fingerprint density at radius 2 is 1.85 bits per heavy atom. The van der Waals surface area contributed by atoms with E-state index >= 15 is 0 Å². The molecule has 5 nitrogen and oxygen atoms in total. The van der Waals surface area contributed by atoms with E-state index in [1.807, 2.05) is 34.9 Å². The smallest absolute Gasteiger partial charge is 0.254 e. The summed E-state index contributed by atoms with van der Waals surface area (Å²) in [6.45, 7) is 4.54. The first kappa shape index (κ1) is 18.5. The molecule has 0 N–H and O–H groups in total. The number of hydrogen-bond donors (Lipinski definition) is 0. The zero-order valence-corrected chi connectivity index (χ0v) is 15.7. The van der Waals surface area contributed by atoms with Crippen LogP contribution >= 0.6 is 0 Å². The van der Waals surface area contributed by atoms with Gasteiger partial charge in [0.2, 0.25) is 5.91 Å². The minimum atomic E-state index is 0.0244. The van der Waals surface area contributed by atoms with Crippen LogP contribution in [0.2, 0.25) is 0 Å². The van der Waals surface area contributed by atoms with E-state index in [2.05, 4.69) is 12.2 Å². The van der Waals surface area contributed by atoms with Crippen molar-refractivity contribution in [2.24, 2.45) is 5.92 Å². The Kier molecular flexibility index (Phi) is 5.96. The van der Waals surface area contributed by atoms with Crippen LogP contribution in [0.25, 0.3) is 0 Å². The van der Waals surface area contributed by atoms with E-state index in [1.54, 1.807) is 7.11 Å². The Hall–Kier alpha value is -2.30. The van der Waals surface area contributed by atoms with Gasteiger partial charge >= 0.3 is 0 Å². The molecule has 0 aromatic heterocycles. The Morgan fingerprint density at radius 1 is 1.08 bits per heavy atom. The van der Waals surface area contributed by atoms with E-state index in [9.17, 15) is 9.59 Å². The van der Waals surface area contributed by atoms with Crippen molar-refractivity contribution in [1.29, 1.82) is 0 Å². The van der Waals surface area contributed by atoms with Crippen LogP contribution in [0.1, 0.15) is 41.6 Å². The molecule has 26 heavy (non-hydrogen) atoms. The fourth-order valence-electron chi connectivity index (χ4n) is 3.85. The number of methoxy groups -OCH3 is 1. The summed E-state index contributed by atoms with van der Waals surface area (Å²) < 4.78 is 5.33. The second-order valence-electron chi connectivity index (χ2n) is 7.09. The molecule has 1 saturated heterocycles. The van der Waals surface area contributed by atoms with Crippen LogP contribution in [-0.4, -0.2) is 54.9 Å². The van der Waals surface area contributed by atoms with Crippen molar-refractivity contribution in [2.45, 2.75) is 32.6 Å². The first-order chi connectivity index (χ1) is 12.6. The summed E-state index contributed by atoms with van der Waals surface area (Å²) in [6.07, 6.45) is 7.87. The Morgan fingerprint density at radius 3 is 2.58 bits per heavy atom. The highest BCUT2D eigenvalue weighted by molar-refractivity contribution is 5.96. The van der Waals surface area contributed by atoms with Crippen molar-refractivity contribution in [2.75, 3.05) is 33.3 Å². The fourth-order valence-corrected chi connectivity index (χ4v) is 3.85. The van der Waals surface area contributed by atoms with Gasteiger partial charge in [-0.15, -0.1) is 0 Å². The summed E-state index contributed by atoms with van der Waals surface area (Å²) in [5.74, 6) is 1.12. The molecule has 3 rings (SSSR count). The SMILES string of the molecule is COc1cccc(C(=O)N2CCCN(C(=O)C3CC=CCC3)CC2)c1C. The van der Waals surface area contributed by atoms with Crippen molar-refractivity contribution in [3.63, 3.8) is 0 Å². The number of allylic oxidation sites excluding steroid dienone is 2. The van der Waals surface area contributed by atoms with E-state index in [1.165, 1.54) is 0 Å². The first-order valence-electron chi connectivity index (χ1n) is 9.48. The molecule has 0 spiro atoms. The highest BCUT2D eigenvalue weighted by Gasteiger charge is 2.28. The van der Waals surface area contributed by atoms with Crippen LogP contribution in [-0.2, 0) is 4.79 Å². The van der Waals surface area contributed by atoms with Gasteiger partial charge in [0.1, 0.15) is 5.75 Å². The normalized spacial score (nSPS) is 20.6. The largest absolute Gasteiger partial charge is 0.496 e. The lowest BCUT2D eigenvalue weighted by atomic mass is 9.93. The van der Waals surface area contributed by atoms with Gasteiger partial charge in [-0.2, -0.15) is 0 Å². The van der Waals surface area contributed by atoms with Crippen LogP contribution in [0.15, 0.2) is 30.4 Å². The molecule has 1 unspecified atom stereocenters. The van der Waals surface area contributed by atoms with Crippen molar-refractivity contribution in [3.05, 3.63) is 41.5 Å². The number of hydrogen-bond acceptors (Lipinski definition) is 3. The van der Waals surface area contributed by atoms with Gasteiger partial charge in [0, 0.05) is 43.2 Å². The topological polar surface area (TPSA) is 49.9 Å². The molecule has 1 fully saturated rings. The average Bonchev–Trinajstić information content (AvgIpc) is 2.94. The molecule has 1 aliphatic heterocycles. The molecule has 5 heteroatoms. The maximum atomic E-state index is 13.0. The first-order valence-corrected chi connectivity index (χ1v) is 9.48. The number of nitrogens with zero attached hydrogens (tertiary/aromatic N) is 2. The monoisotopic (exact) mass is 356 g/mol. The Balaban J connectivity index is 1.66. The number of rotatable bonds is 3. The van der Waals surface area contributed by atoms with Crippen molar-refractivity contribution >= 4 is 11.8 Å². The van der Waals surface area contributed by atoms with Crippen LogP contribution < -0.4 is 4.74 Å². The lowest BCUT2D eigenvalue weighted by molar-refractivity contribution is -0.135. The van der Waals surface area contributed by atoms with Gasteiger partial charge < -0.3 is 14.5 Å². The number of carbonyl (C=O) groups is 2. The van der Waals surface area contributed by atoms with E-state index in [4.69, 9.17) is 4.74 Å². The van der Waals surface area contributed by atoms with Crippen LogP contribution in [0.5, 0.6) is 5.75 Å². The van der Waals surface area contributed by atoms with Crippen LogP contribution in [0, 0.1) is 12.8 Å². The van der Waals surface area contributed by atoms with Crippen molar-refractivity contribution < 1.29 is 14.3 Å². The van der Waals surface area contributed by atoms with Gasteiger partial charge in [0.25, 0.3) is 5.91 Å². The number of amides is 2. The standard InChI is InChI=1S/C21H28N2O3/c1-16-18(10-6-11-19(16)26-2)21(25)23-13-7-12-22(14-15-23)20(24)17-8-4-3-5-9-17/h3-4,6,10-11,17H,5,7-9,12-15H2,1-2H3. The van der Waals surface area contributed by atoms with E-state index in [0.29, 0.717) is 25.2 Å². The minimum absolute atomic E-state index is 0.0244. The van der Waals surface area contributed by atoms with E-state index in [-0.39, 0.29) is 17.7 Å². The highest BCUT2D eigenvalue weighted by atomic mass is 16.5. The summed E-state index contributed by atoms with van der Waals surface area (Å²) in [5.41, 5.74) is 1.55. The minimum Gasteiger partial charge on any atom is -0.496 e. The van der Waals surface area contributed by atoms with E-state index < -0.39 is 0 Å². The Labute approximate surface area is 155 Å². The predicted octanol–water partition coefficient (Wildman–Crippen LogP) is 3.03. The Bertz CT molecular complexity index is 698. The fraction of sp³-hybridized carbons (Fsp3) is 0.524. The van der Waals surface area contributed by atoms with Crippen LogP contribution in [0.3, 0.4) is 0 Å². The summed E-state index contributed by atoms with van der Waals surface area (Å²) in [6, 6.07) is 5.57. The summed E-state index contributed by atoms with van der Waals surface area (Å²) in [7, 11) is 1.62. The van der Waals surface area contributed by atoms with Gasteiger partial charge in [-0.25, -0.2) is 0 Å². The van der Waals surface area contributed by atoms with Crippen molar-refractivity contribution in [1.82, 2.24) is 9.80 Å². The molecule has 0 bridgehead atoms. The van der Waals surface area contributed by atoms with Crippen molar-refractivity contribution in [3.8, 4) is 5.75 Å². The van der Waals surface area contributed by atoms with Gasteiger partial charge in [0.05, 0.1) is 7.11 Å². The molecular formula is C21H28N2O3. The number of benzene rings is 1. The van der Waals surface area contributed by atoms with Crippen LogP contribution in [0.4, 0.5) is 0 Å². The molecule has 1 heterocycles. The summed E-state index contributed by atoms with van der Waals surface area (Å²) >= 11 is 0. The highest BCUT2D eigenvalue weighted by Crippen LogP contribution is 2.24. The molecule has 2 aliphatic rings. The zero-order chi connectivity index (χ0) is 18.5. The summed E-state index contributed by atoms with van der Waals surface area (Å²) in [5, 5.41) is 0. The molecule has 0 radical (unpaired) electrons. The molecule has 1 atom stereocenters. The third kappa shape index (κ3) is 3.92. The maximum absolute atomic E-state index is 13.0. The van der Waals surface area contributed by atoms with Gasteiger partial charge in [0.15, 0.2) is 0 Å².